The predicted octanol–water partition coefficient (Wildman–Crippen LogP) is 2.32. The van der Waals surface area contributed by atoms with Crippen LogP contribution in [0.4, 0.5) is 0 Å². The van der Waals surface area contributed by atoms with Crippen LogP contribution in [0.1, 0.15) is 51.8 Å². The molecule has 1 heterocycles. The van der Waals surface area contributed by atoms with Crippen molar-refractivity contribution < 1.29 is 0 Å². The van der Waals surface area contributed by atoms with Gasteiger partial charge in [0.05, 0.1) is 18.1 Å². The van der Waals surface area contributed by atoms with Gasteiger partial charge in [-0.3, -0.25) is 0 Å². The Morgan fingerprint density at radius 3 is 2.61 bits per heavy atom. The van der Waals surface area contributed by atoms with Crippen LogP contribution in [0.5, 0.6) is 0 Å². The number of nitrogens with zero attached hydrogens (tertiary/aromatic N) is 2. The minimum atomic E-state index is 0.222. The van der Waals surface area contributed by atoms with Gasteiger partial charge in [-0.25, -0.2) is 4.98 Å². The molecule has 0 bridgehead atoms. The van der Waals surface area contributed by atoms with Gasteiger partial charge in [0.15, 0.2) is 0 Å². The predicted molar refractivity (Wildman–Crippen MR) is 76.4 cm³/mol. The maximum Gasteiger partial charge on any atom is 0.0948 e. The number of hydrogen-bond donors (Lipinski definition) is 2. The van der Waals surface area contributed by atoms with E-state index in [-0.39, 0.29) is 6.04 Å². The van der Waals surface area contributed by atoms with Crippen molar-refractivity contribution in [3.63, 3.8) is 0 Å². The number of imidazole rings is 1. The molecule has 0 spiro atoms. The number of rotatable bonds is 9. The second kappa shape index (κ2) is 8.27. The second-order valence-electron chi connectivity index (χ2n) is 4.89. The lowest BCUT2D eigenvalue weighted by Crippen LogP contribution is -2.33. The van der Waals surface area contributed by atoms with E-state index in [0.29, 0.717) is 6.54 Å². The molecule has 0 saturated heterocycles. The Morgan fingerprint density at radius 2 is 2.06 bits per heavy atom. The van der Waals surface area contributed by atoms with Gasteiger partial charge in [0.25, 0.3) is 0 Å². The third-order valence-corrected chi connectivity index (χ3v) is 3.61. The highest BCUT2D eigenvalue weighted by Crippen LogP contribution is 2.14. The number of nitrogens with one attached hydrogen (secondary N) is 1. The van der Waals surface area contributed by atoms with Crippen LogP contribution in [0.2, 0.25) is 0 Å². The molecule has 0 radical (unpaired) electrons. The summed E-state index contributed by atoms with van der Waals surface area (Å²) in [6, 6.07) is 0.222. The smallest absolute Gasteiger partial charge is 0.0948 e. The van der Waals surface area contributed by atoms with E-state index >= 15 is 0 Å². The van der Waals surface area contributed by atoms with Crippen molar-refractivity contribution in [1.82, 2.24) is 14.9 Å². The summed E-state index contributed by atoms with van der Waals surface area (Å²) in [6.07, 6.45) is 7.39. The zero-order valence-electron chi connectivity index (χ0n) is 12.0. The van der Waals surface area contributed by atoms with E-state index < -0.39 is 0 Å². The third-order valence-electron chi connectivity index (χ3n) is 3.61. The largest absolute Gasteiger partial charge is 0.333 e. The van der Waals surface area contributed by atoms with Crippen molar-refractivity contribution in [2.45, 2.75) is 52.6 Å². The summed E-state index contributed by atoms with van der Waals surface area (Å²) in [6.45, 7) is 9.34. The normalized spacial score (nSPS) is 13.2. The van der Waals surface area contributed by atoms with Gasteiger partial charge in [0, 0.05) is 19.3 Å². The molecule has 0 saturated carbocycles. The van der Waals surface area contributed by atoms with Crippen LogP contribution >= 0.6 is 0 Å². The fraction of sp³-hybridized carbons (Fsp3) is 0.786. The SMILES string of the molecule is CCCn1cncc1C(CN)NCC(CC)CC. The lowest BCUT2D eigenvalue weighted by molar-refractivity contribution is 0.403. The van der Waals surface area contributed by atoms with Crippen molar-refractivity contribution in [1.29, 1.82) is 0 Å². The molecular formula is C14H28N4. The van der Waals surface area contributed by atoms with Gasteiger partial charge < -0.3 is 15.6 Å². The number of nitrogens with two attached hydrogens (primary N) is 1. The lowest BCUT2D eigenvalue weighted by Gasteiger charge is -2.21. The Balaban J connectivity index is 2.61. The van der Waals surface area contributed by atoms with Crippen LogP contribution in [-0.4, -0.2) is 22.6 Å². The average Bonchev–Trinajstić information content (AvgIpc) is 2.84. The molecule has 0 aliphatic rings. The molecule has 1 rings (SSSR count). The summed E-state index contributed by atoms with van der Waals surface area (Å²) < 4.78 is 2.21. The highest BCUT2D eigenvalue weighted by molar-refractivity contribution is 5.06. The Labute approximate surface area is 111 Å². The van der Waals surface area contributed by atoms with Gasteiger partial charge in [-0.15, -0.1) is 0 Å². The van der Waals surface area contributed by atoms with E-state index in [0.717, 1.165) is 25.4 Å². The third kappa shape index (κ3) is 4.10. The maximum atomic E-state index is 5.89. The first-order chi connectivity index (χ1) is 8.76. The zero-order valence-corrected chi connectivity index (χ0v) is 12.0. The minimum absolute atomic E-state index is 0.222. The molecule has 0 amide bonds. The summed E-state index contributed by atoms with van der Waals surface area (Å²) in [5, 5.41) is 3.59. The molecule has 1 aromatic rings. The molecule has 104 valence electrons. The average molecular weight is 252 g/mol. The molecule has 3 N–H and O–H groups in total. The molecule has 0 aliphatic carbocycles. The van der Waals surface area contributed by atoms with Gasteiger partial charge in [-0.2, -0.15) is 0 Å². The Bertz CT molecular complexity index is 317. The second-order valence-corrected chi connectivity index (χ2v) is 4.89. The van der Waals surface area contributed by atoms with Gasteiger partial charge in [-0.1, -0.05) is 33.6 Å². The van der Waals surface area contributed by atoms with Crippen LogP contribution in [0.25, 0.3) is 0 Å². The summed E-state index contributed by atoms with van der Waals surface area (Å²) in [5.41, 5.74) is 7.11. The lowest BCUT2D eigenvalue weighted by atomic mass is 10.0. The molecule has 0 fully saturated rings. The summed E-state index contributed by atoms with van der Waals surface area (Å²) in [5.74, 6) is 0.738. The first kappa shape index (κ1) is 15.2. The fourth-order valence-corrected chi connectivity index (χ4v) is 2.24. The van der Waals surface area contributed by atoms with Gasteiger partial charge >= 0.3 is 0 Å². The summed E-state index contributed by atoms with van der Waals surface area (Å²) in [4.78, 5) is 4.24. The zero-order chi connectivity index (χ0) is 13.4. The standard InChI is InChI=1S/C14H28N4/c1-4-7-18-11-16-10-14(18)13(8-15)17-9-12(5-2)6-3/h10-13,17H,4-9,15H2,1-3H3. The fourth-order valence-electron chi connectivity index (χ4n) is 2.24. The van der Waals surface area contributed by atoms with Crippen molar-refractivity contribution in [3.05, 3.63) is 18.2 Å². The maximum absolute atomic E-state index is 5.89. The van der Waals surface area contributed by atoms with Crippen molar-refractivity contribution in [3.8, 4) is 0 Å². The molecule has 4 nitrogen and oxygen atoms in total. The Hall–Kier alpha value is -0.870. The van der Waals surface area contributed by atoms with E-state index in [1.54, 1.807) is 0 Å². The molecule has 0 aromatic carbocycles. The first-order valence-corrected chi connectivity index (χ1v) is 7.20. The van der Waals surface area contributed by atoms with Gasteiger partial charge in [0.1, 0.15) is 0 Å². The molecule has 0 aliphatic heterocycles. The molecule has 1 unspecified atom stereocenters. The van der Waals surface area contributed by atoms with Crippen LogP contribution in [-0.2, 0) is 6.54 Å². The first-order valence-electron chi connectivity index (χ1n) is 7.20. The quantitative estimate of drug-likeness (QED) is 0.709. The van der Waals surface area contributed by atoms with Crippen molar-refractivity contribution in [2.75, 3.05) is 13.1 Å². The molecular weight excluding hydrogens is 224 g/mol. The van der Waals surface area contributed by atoms with Gasteiger partial charge in [0.2, 0.25) is 0 Å². The topological polar surface area (TPSA) is 55.9 Å². The Morgan fingerprint density at radius 1 is 1.33 bits per heavy atom. The van der Waals surface area contributed by atoms with Crippen LogP contribution in [0.3, 0.4) is 0 Å². The van der Waals surface area contributed by atoms with E-state index in [9.17, 15) is 0 Å². The van der Waals surface area contributed by atoms with Crippen LogP contribution < -0.4 is 11.1 Å². The van der Waals surface area contributed by atoms with Crippen molar-refractivity contribution in [2.24, 2.45) is 11.7 Å². The van der Waals surface area contributed by atoms with Crippen LogP contribution in [0.15, 0.2) is 12.5 Å². The highest BCUT2D eigenvalue weighted by Gasteiger charge is 2.15. The van der Waals surface area contributed by atoms with E-state index in [4.69, 9.17) is 5.73 Å². The Kier molecular flexibility index (Phi) is 6.98. The number of aromatic nitrogens is 2. The number of aryl methyl sites for hydroxylation is 1. The molecule has 18 heavy (non-hydrogen) atoms. The van der Waals surface area contributed by atoms with E-state index in [1.807, 2.05) is 12.5 Å². The summed E-state index contributed by atoms with van der Waals surface area (Å²) >= 11 is 0. The molecule has 4 heteroatoms. The minimum Gasteiger partial charge on any atom is -0.333 e. The van der Waals surface area contributed by atoms with Gasteiger partial charge in [-0.05, 0) is 18.9 Å². The molecule has 1 atom stereocenters. The monoisotopic (exact) mass is 252 g/mol. The number of hydrogen-bond acceptors (Lipinski definition) is 3. The summed E-state index contributed by atoms with van der Waals surface area (Å²) in [7, 11) is 0. The van der Waals surface area contributed by atoms with E-state index in [2.05, 4.69) is 35.6 Å². The molecule has 1 aromatic heterocycles. The van der Waals surface area contributed by atoms with Crippen LogP contribution in [0, 0.1) is 5.92 Å². The van der Waals surface area contributed by atoms with E-state index in [1.165, 1.54) is 18.5 Å². The van der Waals surface area contributed by atoms with Crippen molar-refractivity contribution >= 4 is 0 Å². The highest BCUT2D eigenvalue weighted by atomic mass is 15.1.